The third-order valence-electron chi connectivity index (χ3n) is 5.01. The summed E-state index contributed by atoms with van der Waals surface area (Å²) in [5.41, 5.74) is 1.81. The summed E-state index contributed by atoms with van der Waals surface area (Å²) in [5, 5.41) is 0. The lowest BCUT2D eigenvalue weighted by molar-refractivity contribution is -0.136. The van der Waals surface area contributed by atoms with E-state index in [1.165, 1.54) is 4.90 Å². The van der Waals surface area contributed by atoms with Gasteiger partial charge in [0.2, 0.25) is 0 Å². The molecular formula is C20H27N3O3. The number of hydrogen-bond donors (Lipinski definition) is 0. The minimum atomic E-state index is -0.231. The number of amides is 2. The largest absolute Gasteiger partial charge is 0.494 e. The molecule has 1 aromatic carbocycles. The molecule has 0 aliphatic carbocycles. The molecule has 1 saturated heterocycles. The quantitative estimate of drug-likeness (QED) is 0.727. The number of rotatable bonds is 6. The predicted molar refractivity (Wildman–Crippen MR) is 101 cm³/mol. The Morgan fingerprint density at radius 1 is 0.962 bits per heavy atom. The van der Waals surface area contributed by atoms with E-state index in [0.717, 1.165) is 50.5 Å². The first-order valence-electron chi connectivity index (χ1n) is 9.34. The van der Waals surface area contributed by atoms with Crippen LogP contribution in [-0.4, -0.2) is 72.9 Å². The van der Waals surface area contributed by atoms with Gasteiger partial charge in [0, 0.05) is 33.2 Å². The molecule has 0 spiro atoms. The van der Waals surface area contributed by atoms with Crippen LogP contribution in [0.1, 0.15) is 25.8 Å². The van der Waals surface area contributed by atoms with Crippen molar-refractivity contribution in [2.75, 3.05) is 46.4 Å². The van der Waals surface area contributed by atoms with E-state index in [2.05, 4.69) is 23.6 Å². The summed E-state index contributed by atoms with van der Waals surface area (Å²) in [4.78, 5) is 31.1. The fourth-order valence-electron chi connectivity index (χ4n) is 3.41. The summed E-state index contributed by atoms with van der Waals surface area (Å²) in [7, 11) is 1.55. The number of piperazine rings is 1. The van der Waals surface area contributed by atoms with E-state index < -0.39 is 0 Å². The fourth-order valence-corrected chi connectivity index (χ4v) is 3.41. The van der Waals surface area contributed by atoms with E-state index >= 15 is 0 Å². The summed E-state index contributed by atoms with van der Waals surface area (Å²) in [5.74, 6) is 0.339. The Bertz CT molecular complexity index is 704. The third-order valence-corrected chi connectivity index (χ3v) is 5.01. The average Bonchev–Trinajstić information content (AvgIpc) is 2.91. The Hall–Kier alpha value is -2.34. The highest BCUT2D eigenvalue weighted by Crippen LogP contribution is 2.32. The van der Waals surface area contributed by atoms with Gasteiger partial charge >= 0.3 is 0 Å². The van der Waals surface area contributed by atoms with Crippen molar-refractivity contribution in [2.24, 2.45) is 0 Å². The predicted octanol–water partition coefficient (Wildman–Crippen LogP) is 1.82. The van der Waals surface area contributed by atoms with E-state index in [0.29, 0.717) is 17.9 Å². The Kier molecular flexibility index (Phi) is 5.61. The zero-order chi connectivity index (χ0) is 18.7. The number of ether oxygens (including phenoxy) is 1. The normalized spacial score (nSPS) is 18.9. The fraction of sp³-hybridized carbons (Fsp3) is 0.500. The van der Waals surface area contributed by atoms with Crippen LogP contribution in [-0.2, 0) is 9.59 Å². The van der Waals surface area contributed by atoms with Gasteiger partial charge in [0.15, 0.2) is 0 Å². The summed E-state index contributed by atoms with van der Waals surface area (Å²) in [6.07, 6.45) is 0.943. The Balaban J connectivity index is 1.90. The highest BCUT2D eigenvalue weighted by Gasteiger charge is 2.40. The van der Waals surface area contributed by atoms with Gasteiger partial charge in [0.05, 0.1) is 12.2 Å². The van der Waals surface area contributed by atoms with Crippen LogP contribution in [0.3, 0.4) is 0 Å². The minimum Gasteiger partial charge on any atom is -0.494 e. The lowest BCUT2D eigenvalue weighted by Gasteiger charge is -2.35. The van der Waals surface area contributed by atoms with Gasteiger partial charge in [0.25, 0.3) is 11.8 Å². The van der Waals surface area contributed by atoms with Gasteiger partial charge in [-0.05, 0) is 30.7 Å². The molecule has 6 heteroatoms. The molecule has 2 aliphatic rings. The van der Waals surface area contributed by atoms with Gasteiger partial charge < -0.3 is 14.5 Å². The van der Waals surface area contributed by atoms with Crippen LogP contribution in [0, 0.1) is 0 Å². The molecule has 0 bridgehead atoms. The highest BCUT2D eigenvalue weighted by atomic mass is 16.5. The molecule has 26 heavy (non-hydrogen) atoms. The summed E-state index contributed by atoms with van der Waals surface area (Å²) in [6, 6.07) is 7.46. The Morgan fingerprint density at radius 3 is 2.19 bits per heavy atom. The zero-order valence-corrected chi connectivity index (χ0v) is 15.8. The van der Waals surface area contributed by atoms with Gasteiger partial charge in [-0.3, -0.25) is 14.5 Å². The summed E-state index contributed by atoms with van der Waals surface area (Å²) >= 11 is 0. The Morgan fingerprint density at radius 2 is 1.62 bits per heavy atom. The van der Waals surface area contributed by atoms with Crippen LogP contribution in [0.2, 0.25) is 0 Å². The molecule has 0 aromatic heterocycles. The van der Waals surface area contributed by atoms with Crippen LogP contribution in [0.25, 0.3) is 5.57 Å². The van der Waals surface area contributed by atoms with E-state index in [1.807, 2.05) is 24.3 Å². The van der Waals surface area contributed by atoms with E-state index in [-0.39, 0.29) is 11.8 Å². The van der Waals surface area contributed by atoms with Crippen molar-refractivity contribution in [2.45, 2.75) is 20.3 Å². The van der Waals surface area contributed by atoms with Crippen molar-refractivity contribution >= 4 is 17.4 Å². The number of benzene rings is 1. The number of nitrogens with zero attached hydrogens (tertiary/aromatic N) is 3. The molecule has 2 amide bonds. The lowest BCUT2D eigenvalue weighted by Crippen LogP contribution is -2.47. The number of hydrogen-bond acceptors (Lipinski definition) is 5. The summed E-state index contributed by atoms with van der Waals surface area (Å²) in [6.45, 7) is 9.20. The standard InChI is InChI=1S/C20H27N3O3/c1-4-14-26-16-8-6-15(7-9-16)17-18(20(25)21(3)19(17)24)23-12-10-22(5-2)11-13-23/h6-9H,4-5,10-14H2,1-3H3. The summed E-state index contributed by atoms with van der Waals surface area (Å²) < 4.78 is 5.61. The van der Waals surface area contributed by atoms with Crippen LogP contribution < -0.4 is 4.74 Å². The maximum atomic E-state index is 12.7. The molecule has 0 unspecified atom stereocenters. The minimum absolute atomic E-state index is 0.207. The van der Waals surface area contributed by atoms with Crippen molar-refractivity contribution in [1.82, 2.24) is 14.7 Å². The Labute approximate surface area is 155 Å². The second-order valence-corrected chi connectivity index (χ2v) is 6.69. The first-order chi connectivity index (χ1) is 12.6. The van der Waals surface area contributed by atoms with Crippen molar-refractivity contribution in [1.29, 1.82) is 0 Å². The first-order valence-corrected chi connectivity index (χ1v) is 9.34. The number of likely N-dealkylation sites (N-methyl/N-ethyl adjacent to an activating group) is 2. The molecule has 0 atom stereocenters. The first kappa shape index (κ1) is 18.5. The topological polar surface area (TPSA) is 53.1 Å². The molecule has 1 fully saturated rings. The van der Waals surface area contributed by atoms with Crippen LogP contribution in [0.4, 0.5) is 0 Å². The maximum Gasteiger partial charge on any atom is 0.277 e. The molecule has 1 aromatic rings. The SMILES string of the molecule is CCCOc1ccc(C2=C(N3CCN(CC)CC3)C(=O)N(C)C2=O)cc1. The molecule has 0 radical (unpaired) electrons. The van der Waals surface area contributed by atoms with Gasteiger partial charge in [0.1, 0.15) is 11.4 Å². The number of carbonyl (C=O) groups is 2. The van der Waals surface area contributed by atoms with Gasteiger partial charge in [-0.1, -0.05) is 26.0 Å². The van der Waals surface area contributed by atoms with E-state index in [1.54, 1.807) is 7.05 Å². The average molecular weight is 357 g/mol. The van der Waals surface area contributed by atoms with Crippen LogP contribution in [0.5, 0.6) is 5.75 Å². The van der Waals surface area contributed by atoms with Crippen molar-refractivity contribution < 1.29 is 14.3 Å². The zero-order valence-electron chi connectivity index (χ0n) is 15.8. The smallest absolute Gasteiger partial charge is 0.277 e. The second-order valence-electron chi connectivity index (χ2n) is 6.69. The molecule has 6 nitrogen and oxygen atoms in total. The van der Waals surface area contributed by atoms with E-state index in [4.69, 9.17) is 4.74 Å². The molecular weight excluding hydrogens is 330 g/mol. The highest BCUT2D eigenvalue weighted by molar-refractivity contribution is 6.35. The van der Waals surface area contributed by atoms with Gasteiger partial charge in [-0.15, -0.1) is 0 Å². The monoisotopic (exact) mass is 357 g/mol. The second kappa shape index (κ2) is 7.91. The molecule has 0 saturated carbocycles. The van der Waals surface area contributed by atoms with Gasteiger partial charge in [-0.25, -0.2) is 0 Å². The van der Waals surface area contributed by atoms with Crippen molar-refractivity contribution in [3.8, 4) is 5.75 Å². The maximum absolute atomic E-state index is 12.7. The van der Waals surface area contributed by atoms with Crippen LogP contribution in [0.15, 0.2) is 30.0 Å². The molecule has 0 N–H and O–H groups in total. The van der Waals surface area contributed by atoms with Crippen LogP contribution >= 0.6 is 0 Å². The van der Waals surface area contributed by atoms with E-state index in [9.17, 15) is 9.59 Å². The molecule has 2 heterocycles. The molecule has 2 aliphatic heterocycles. The molecule has 3 rings (SSSR count). The number of carbonyl (C=O) groups excluding carboxylic acids is 2. The van der Waals surface area contributed by atoms with Crippen molar-refractivity contribution in [3.63, 3.8) is 0 Å². The third kappa shape index (κ3) is 3.46. The van der Waals surface area contributed by atoms with Crippen molar-refractivity contribution in [3.05, 3.63) is 35.5 Å². The molecule has 140 valence electrons. The number of imide groups is 1. The lowest BCUT2D eigenvalue weighted by atomic mass is 10.0. The van der Waals surface area contributed by atoms with Gasteiger partial charge in [-0.2, -0.15) is 0 Å².